The molecule has 0 saturated heterocycles. The minimum Gasteiger partial charge on any atom is -0.473 e. The van der Waals surface area contributed by atoms with Crippen molar-refractivity contribution < 1.29 is 9.53 Å². The van der Waals surface area contributed by atoms with Crippen LogP contribution < -0.4 is 15.8 Å². The predicted molar refractivity (Wildman–Crippen MR) is 76.6 cm³/mol. The molecule has 6 nitrogen and oxygen atoms in total. The number of aromatic nitrogens is 2. The van der Waals surface area contributed by atoms with Gasteiger partial charge in [0, 0.05) is 12.4 Å². The van der Waals surface area contributed by atoms with E-state index in [1.165, 1.54) is 6.20 Å². The lowest BCUT2D eigenvalue weighted by molar-refractivity contribution is 0.102. The number of nitrogens with zero attached hydrogens (tertiary/aromatic N) is 2. The fourth-order valence-corrected chi connectivity index (χ4v) is 1.59. The topological polar surface area (TPSA) is 90.1 Å². The zero-order valence-electron chi connectivity index (χ0n) is 11.3. The third kappa shape index (κ3) is 3.23. The van der Waals surface area contributed by atoms with Crippen LogP contribution >= 0.6 is 0 Å². The molecule has 2 aromatic rings. The number of hydrogen-bond acceptors (Lipinski definition) is 5. The number of ether oxygens (including phenoxy) is 1. The molecule has 20 heavy (non-hydrogen) atoms. The van der Waals surface area contributed by atoms with Gasteiger partial charge in [-0.25, -0.2) is 9.97 Å². The number of anilines is 2. The summed E-state index contributed by atoms with van der Waals surface area (Å²) in [4.78, 5) is 20.2. The van der Waals surface area contributed by atoms with Gasteiger partial charge in [0.1, 0.15) is 5.69 Å². The molecule has 0 saturated carbocycles. The molecular formula is C14H16N4O2. The van der Waals surface area contributed by atoms with Gasteiger partial charge < -0.3 is 15.8 Å². The molecule has 0 aliphatic rings. The Hall–Kier alpha value is -2.63. The van der Waals surface area contributed by atoms with Crippen LogP contribution in [0.4, 0.5) is 11.4 Å². The van der Waals surface area contributed by atoms with Crippen molar-refractivity contribution in [2.45, 2.75) is 20.0 Å². The SMILES string of the molecule is CC(C)Oc1ncccc1NC(=O)c1ncccc1N. The predicted octanol–water partition coefficient (Wildman–Crippen LogP) is 2.10. The zero-order valence-corrected chi connectivity index (χ0v) is 11.3. The van der Waals surface area contributed by atoms with E-state index in [-0.39, 0.29) is 11.8 Å². The van der Waals surface area contributed by atoms with Crippen LogP contribution in [-0.2, 0) is 0 Å². The summed E-state index contributed by atoms with van der Waals surface area (Å²) < 4.78 is 5.53. The second-order valence-corrected chi connectivity index (χ2v) is 4.42. The van der Waals surface area contributed by atoms with E-state index < -0.39 is 5.91 Å². The molecule has 2 rings (SSSR count). The second kappa shape index (κ2) is 6.01. The van der Waals surface area contributed by atoms with E-state index in [4.69, 9.17) is 10.5 Å². The third-order valence-corrected chi connectivity index (χ3v) is 2.42. The van der Waals surface area contributed by atoms with Crippen molar-refractivity contribution in [3.8, 4) is 5.88 Å². The maximum Gasteiger partial charge on any atom is 0.276 e. The average Bonchev–Trinajstić information content (AvgIpc) is 2.41. The number of nitrogens with two attached hydrogens (primary N) is 1. The fourth-order valence-electron chi connectivity index (χ4n) is 1.59. The van der Waals surface area contributed by atoms with Crippen molar-refractivity contribution in [3.63, 3.8) is 0 Å². The molecule has 0 radical (unpaired) electrons. The molecule has 0 spiro atoms. The number of amides is 1. The Labute approximate surface area is 117 Å². The molecule has 0 unspecified atom stereocenters. The number of carbonyl (C=O) groups is 1. The van der Waals surface area contributed by atoms with Crippen LogP contribution in [-0.4, -0.2) is 22.0 Å². The van der Waals surface area contributed by atoms with Crippen LogP contribution in [0.2, 0.25) is 0 Å². The van der Waals surface area contributed by atoms with Crippen molar-refractivity contribution in [2.24, 2.45) is 0 Å². The van der Waals surface area contributed by atoms with E-state index in [2.05, 4.69) is 15.3 Å². The van der Waals surface area contributed by atoms with Gasteiger partial charge >= 0.3 is 0 Å². The Kier molecular flexibility index (Phi) is 4.14. The molecule has 0 atom stereocenters. The molecule has 1 amide bonds. The van der Waals surface area contributed by atoms with Crippen molar-refractivity contribution >= 4 is 17.3 Å². The Morgan fingerprint density at radius 2 is 1.95 bits per heavy atom. The van der Waals surface area contributed by atoms with Gasteiger partial charge in [-0.1, -0.05) is 0 Å². The molecule has 0 bridgehead atoms. The lowest BCUT2D eigenvalue weighted by atomic mass is 10.2. The number of carbonyl (C=O) groups excluding carboxylic acids is 1. The number of hydrogen-bond donors (Lipinski definition) is 2. The molecular weight excluding hydrogens is 256 g/mol. The lowest BCUT2D eigenvalue weighted by Crippen LogP contribution is -2.17. The maximum atomic E-state index is 12.1. The monoisotopic (exact) mass is 272 g/mol. The second-order valence-electron chi connectivity index (χ2n) is 4.42. The highest BCUT2D eigenvalue weighted by Crippen LogP contribution is 2.22. The van der Waals surface area contributed by atoms with Gasteiger partial charge in [0.2, 0.25) is 5.88 Å². The molecule has 0 fully saturated rings. The average molecular weight is 272 g/mol. The van der Waals surface area contributed by atoms with Crippen molar-refractivity contribution in [1.29, 1.82) is 0 Å². The summed E-state index contributed by atoms with van der Waals surface area (Å²) in [6, 6.07) is 6.71. The summed E-state index contributed by atoms with van der Waals surface area (Å²) in [7, 11) is 0. The Morgan fingerprint density at radius 1 is 1.25 bits per heavy atom. The van der Waals surface area contributed by atoms with Gasteiger partial charge in [-0.05, 0) is 38.1 Å². The number of rotatable bonds is 4. The number of pyridine rings is 2. The standard InChI is InChI=1S/C14H16N4O2/c1-9(2)20-14-11(6-4-8-17-14)18-13(19)12-10(15)5-3-7-16-12/h3-9H,15H2,1-2H3,(H,18,19). The summed E-state index contributed by atoms with van der Waals surface area (Å²) in [6.45, 7) is 3.77. The first-order chi connectivity index (χ1) is 9.58. The van der Waals surface area contributed by atoms with Crippen LogP contribution in [0.3, 0.4) is 0 Å². The summed E-state index contributed by atoms with van der Waals surface area (Å²) >= 11 is 0. The first kappa shape index (κ1) is 13.8. The van der Waals surface area contributed by atoms with Crippen LogP contribution in [0, 0.1) is 0 Å². The highest BCUT2D eigenvalue weighted by atomic mass is 16.5. The smallest absolute Gasteiger partial charge is 0.276 e. The van der Waals surface area contributed by atoms with Crippen LogP contribution in [0.25, 0.3) is 0 Å². The zero-order chi connectivity index (χ0) is 14.5. The molecule has 104 valence electrons. The molecule has 2 aromatic heterocycles. The summed E-state index contributed by atoms with van der Waals surface area (Å²) in [6.07, 6.45) is 3.07. The van der Waals surface area contributed by atoms with E-state index >= 15 is 0 Å². The van der Waals surface area contributed by atoms with Crippen molar-refractivity contribution in [2.75, 3.05) is 11.1 Å². The maximum absolute atomic E-state index is 12.1. The molecule has 0 aliphatic carbocycles. The van der Waals surface area contributed by atoms with Crippen LogP contribution in [0.5, 0.6) is 5.88 Å². The highest BCUT2D eigenvalue weighted by molar-refractivity contribution is 6.06. The minimum absolute atomic E-state index is 0.0412. The molecule has 0 aromatic carbocycles. The molecule has 0 aliphatic heterocycles. The van der Waals surface area contributed by atoms with Gasteiger partial charge in [-0.2, -0.15) is 0 Å². The minimum atomic E-state index is -0.398. The van der Waals surface area contributed by atoms with Gasteiger partial charge in [0.05, 0.1) is 11.8 Å². The fraction of sp³-hybridized carbons (Fsp3) is 0.214. The Morgan fingerprint density at radius 3 is 2.65 bits per heavy atom. The first-order valence-electron chi connectivity index (χ1n) is 6.21. The molecule has 6 heteroatoms. The van der Waals surface area contributed by atoms with E-state index in [0.717, 1.165) is 0 Å². The Bertz CT molecular complexity index is 614. The van der Waals surface area contributed by atoms with Gasteiger partial charge in [-0.3, -0.25) is 4.79 Å². The Balaban J connectivity index is 2.22. The van der Waals surface area contributed by atoms with Crippen molar-refractivity contribution in [3.05, 3.63) is 42.4 Å². The summed E-state index contributed by atoms with van der Waals surface area (Å²) in [5.41, 5.74) is 6.70. The third-order valence-electron chi connectivity index (χ3n) is 2.42. The van der Waals surface area contributed by atoms with Crippen LogP contribution in [0.15, 0.2) is 36.7 Å². The normalized spacial score (nSPS) is 10.3. The van der Waals surface area contributed by atoms with E-state index in [1.807, 2.05) is 13.8 Å². The summed E-state index contributed by atoms with van der Waals surface area (Å²) in [5.74, 6) is -0.0324. The first-order valence-corrected chi connectivity index (χ1v) is 6.21. The largest absolute Gasteiger partial charge is 0.473 e. The quantitative estimate of drug-likeness (QED) is 0.889. The van der Waals surface area contributed by atoms with E-state index in [0.29, 0.717) is 17.3 Å². The van der Waals surface area contributed by atoms with Gasteiger partial charge in [0.15, 0.2) is 5.69 Å². The van der Waals surface area contributed by atoms with Crippen LogP contribution in [0.1, 0.15) is 24.3 Å². The van der Waals surface area contributed by atoms with Crippen molar-refractivity contribution in [1.82, 2.24) is 9.97 Å². The highest BCUT2D eigenvalue weighted by Gasteiger charge is 2.14. The van der Waals surface area contributed by atoms with E-state index in [1.54, 1.807) is 30.5 Å². The molecule has 2 heterocycles. The van der Waals surface area contributed by atoms with Gasteiger partial charge in [0.25, 0.3) is 5.91 Å². The molecule has 3 N–H and O–H groups in total. The van der Waals surface area contributed by atoms with E-state index in [9.17, 15) is 4.79 Å². The number of nitrogens with one attached hydrogen (secondary N) is 1. The lowest BCUT2D eigenvalue weighted by Gasteiger charge is -2.13. The van der Waals surface area contributed by atoms with Gasteiger partial charge in [-0.15, -0.1) is 0 Å². The summed E-state index contributed by atoms with van der Waals surface area (Å²) in [5, 5.41) is 2.70. The number of nitrogen functional groups attached to an aromatic ring is 1.